The van der Waals surface area contributed by atoms with Crippen LogP contribution in [0.5, 0.6) is 11.5 Å². The number of halogens is 2. The molecule has 6 heteroatoms. The summed E-state index contributed by atoms with van der Waals surface area (Å²) in [5.41, 5.74) is 3.15. The number of ether oxygens (including phenoxy) is 2. The maximum atomic E-state index is 15.6. The number of rotatable bonds is 11. The molecule has 2 atom stereocenters. The number of hydrogen-bond donors (Lipinski definition) is 1. The predicted molar refractivity (Wildman–Crippen MR) is 152 cm³/mol. The number of benzene rings is 3. The summed E-state index contributed by atoms with van der Waals surface area (Å²) in [7, 11) is 1.53. The first-order chi connectivity index (χ1) is 19.1. The minimum Gasteiger partial charge on any atom is -0.497 e. The van der Waals surface area contributed by atoms with Crippen LogP contribution in [0.1, 0.15) is 87.3 Å². The Kier molecular flexibility index (Phi) is 8.16. The van der Waals surface area contributed by atoms with Crippen molar-refractivity contribution in [2.24, 2.45) is 11.3 Å². The Hall–Kier alpha value is -3.41. The van der Waals surface area contributed by atoms with Gasteiger partial charge < -0.3 is 14.6 Å². The van der Waals surface area contributed by atoms with Crippen LogP contribution in [0.3, 0.4) is 0 Å². The van der Waals surface area contributed by atoms with E-state index in [0.29, 0.717) is 34.1 Å². The molecular formula is C34H38F2O4. The molecule has 0 heterocycles. The molecule has 0 spiro atoms. The van der Waals surface area contributed by atoms with Crippen molar-refractivity contribution in [3.8, 4) is 22.6 Å². The molecule has 5 rings (SSSR count). The van der Waals surface area contributed by atoms with Gasteiger partial charge in [0, 0.05) is 11.1 Å². The lowest BCUT2D eigenvalue weighted by Crippen LogP contribution is -2.17. The second-order valence-corrected chi connectivity index (χ2v) is 12.1. The topological polar surface area (TPSA) is 55.8 Å². The van der Waals surface area contributed by atoms with Gasteiger partial charge in [0.1, 0.15) is 29.7 Å². The summed E-state index contributed by atoms with van der Waals surface area (Å²) in [6.45, 7) is 4.45. The Morgan fingerprint density at radius 1 is 1.00 bits per heavy atom. The summed E-state index contributed by atoms with van der Waals surface area (Å²) in [6.07, 6.45) is 6.30. The molecule has 0 radical (unpaired) electrons. The van der Waals surface area contributed by atoms with Crippen LogP contribution in [0.4, 0.5) is 8.78 Å². The van der Waals surface area contributed by atoms with E-state index in [1.54, 1.807) is 12.1 Å². The van der Waals surface area contributed by atoms with Crippen LogP contribution in [-0.2, 0) is 11.4 Å². The molecular weight excluding hydrogens is 510 g/mol. The van der Waals surface area contributed by atoms with Gasteiger partial charge in [0.05, 0.1) is 13.5 Å². The average molecular weight is 549 g/mol. The van der Waals surface area contributed by atoms with Gasteiger partial charge in [-0.05, 0) is 102 Å². The molecule has 2 saturated carbocycles. The van der Waals surface area contributed by atoms with Crippen molar-refractivity contribution < 1.29 is 28.2 Å². The number of carboxylic acids is 1. The highest BCUT2D eigenvalue weighted by Gasteiger charge is 2.37. The first-order valence-electron chi connectivity index (χ1n) is 14.3. The van der Waals surface area contributed by atoms with Crippen molar-refractivity contribution >= 4 is 5.97 Å². The van der Waals surface area contributed by atoms with E-state index in [-0.39, 0.29) is 30.3 Å². The zero-order valence-corrected chi connectivity index (χ0v) is 23.5. The number of hydrogen-bond acceptors (Lipinski definition) is 3. The summed E-state index contributed by atoms with van der Waals surface area (Å²) in [5, 5.41) is 9.43. The van der Waals surface area contributed by atoms with Crippen LogP contribution >= 0.6 is 0 Å². The third kappa shape index (κ3) is 6.32. The van der Waals surface area contributed by atoms with Crippen LogP contribution in [0.2, 0.25) is 0 Å². The van der Waals surface area contributed by atoms with E-state index < -0.39 is 17.6 Å². The smallest absolute Gasteiger partial charge is 0.303 e. The first-order valence-corrected chi connectivity index (χ1v) is 14.3. The second kappa shape index (κ2) is 11.6. The van der Waals surface area contributed by atoms with Crippen LogP contribution < -0.4 is 9.47 Å². The molecule has 3 aromatic rings. The van der Waals surface area contributed by atoms with Gasteiger partial charge in [0.2, 0.25) is 0 Å². The lowest BCUT2D eigenvalue weighted by molar-refractivity contribution is -0.137. The fourth-order valence-electron chi connectivity index (χ4n) is 6.33. The fraction of sp³-hybridized carbons (Fsp3) is 0.441. The van der Waals surface area contributed by atoms with Crippen molar-refractivity contribution in [2.75, 3.05) is 7.11 Å². The molecule has 0 aromatic heterocycles. The van der Waals surface area contributed by atoms with Gasteiger partial charge in [0.25, 0.3) is 0 Å². The lowest BCUT2D eigenvalue weighted by atomic mass is 9.75. The van der Waals surface area contributed by atoms with E-state index in [0.717, 1.165) is 49.7 Å². The summed E-state index contributed by atoms with van der Waals surface area (Å²) in [5.74, 6) is 0.0830. The molecule has 2 aliphatic rings. The van der Waals surface area contributed by atoms with Crippen LogP contribution in [0.15, 0.2) is 54.6 Å². The molecule has 0 amide bonds. The van der Waals surface area contributed by atoms with Crippen LogP contribution in [0.25, 0.3) is 11.1 Å². The zero-order chi connectivity index (χ0) is 28.4. The second-order valence-electron chi connectivity index (χ2n) is 12.1. The van der Waals surface area contributed by atoms with E-state index in [9.17, 15) is 9.90 Å². The van der Waals surface area contributed by atoms with Crippen LogP contribution in [-0.4, -0.2) is 18.2 Å². The third-order valence-corrected chi connectivity index (χ3v) is 8.77. The van der Waals surface area contributed by atoms with Crippen molar-refractivity contribution in [3.63, 3.8) is 0 Å². The Morgan fingerprint density at radius 3 is 2.48 bits per heavy atom. The Morgan fingerprint density at radius 2 is 1.80 bits per heavy atom. The molecule has 0 aliphatic heterocycles. The van der Waals surface area contributed by atoms with Crippen molar-refractivity contribution in [3.05, 3.63) is 82.9 Å². The third-order valence-electron chi connectivity index (χ3n) is 8.77. The number of carbonyl (C=O) groups is 1. The van der Waals surface area contributed by atoms with E-state index in [4.69, 9.17) is 9.47 Å². The largest absolute Gasteiger partial charge is 0.497 e. The summed E-state index contributed by atoms with van der Waals surface area (Å²) in [6, 6.07) is 15.4. The zero-order valence-electron chi connectivity index (χ0n) is 23.5. The lowest BCUT2D eigenvalue weighted by Gasteiger charge is -2.30. The highest BCUT2D eigenvalue weighted by atomic mass is 19.1. The van der Waals surface area contributed by atoms with E-state index >= 15 is 8.78 Å². The highest BCUT2D eigenvalue weighted by Crippen LogP contribution is 2.51. The Balaban J connectivity index is 1.45. The Bertz CT molecular complexity index is 1380. The molecule has 2 fully saturated rings. The van der Waals surface area contributed by atoms with E-state index in [2.05, 4.69) is 13.8 Å². The average Bonchev–Trinajstić information content (AvgIpc) is 3.67. The number of carboxylic acid groups (broad SMARTS) is 1. The predicted octanol–water partition coefficient (Wildman–Crippen LogP) is 8.87. The molecule has 4 nitrogen and oxygen atoms in total. The van der Waals surface area contributed by atoms with Gasteiger partial charge >= 0.3 is 5.97 Å². The molecule has 0 unspecified atom stereocenters. The molecule has 40 heavy (non-hydrogen) atoms. The molecule has 3 aromatic carbocycles. The molecule has 0 bridgehead atoms. The van der Waals surface area contributed by atoms with Gasteiger partial charge in [-0.25, -0.2) is 8.78 Å². The maximum absolute atomic E-state index is 15.6. The molecule has 212 valence electrons. The van der Waals surface area contributed by atoms with Gasteiger partial charge in [-0.2, -0.15) is 0 Å². The fourth-order valence-corrected chi connectivity index (χ4v) is 6.33. The Labute approximate surface area is 235 Å². The van der Waals surface area contributed by atoms with Crippen molar-refractivity contribution in [1.29, 1.82) is 0 Å². The minimum absolute atomic E-state index is 0.00487. The van der Waals surface area contributed by atoms with E-state index in [1.165, 1.54) is 19.2 Å². The quantitative estimate of drug-likeness (QED) is 0.260. The molecule has 2 aliphatic carbocycles. The van der Waals surface area contributed by atoms with Crippen molar-refractivity contribution in [1.82, 2.24) is 0 Å². The summed E-state index contributed by atoms with van der Waals surface area (Å²) >= 11 is 0. The number of methoxy groups -OCH3 is 1. The highest BCUT2D eigenvalue weighted by molar-refractivity contribution is 5.71. The van der Waals surface area contributed by atoms with Gasteiger partial charge in [-0.1, -0.05) is 45.2 Å². The summed E-state index contributed by atoms with van der Waals surface area (Å²) < 4.78 is 42.1. The molecule has 0 saturated heterocycles. The minimum atomic E-state index is -0.811. The van der Waals surface area contributed by atoms with Gasteiger partial charge in [0.15, 0.2) is 0 Å². The number of aliphatic carboxylic acids is 1. The van der Waals surface area contributed by atoms with Gasteiger partial charge in [-0.15, -0.1) is 0 Å². The van der Waals surface area contributed by atoms with Crippen LogP contribution in [0, 0.1) is 23.0 Å². The normalized spacial score (nSPS) is 18.9. The van der Waals surface area contributed by atoms with Gasteiger partial charge in [-0.3, -0.25) is 4.79 Å². The first kappa shape index (κ1) is 28.1. The van der Waals surface area contributed by atoms with Crippen molar-refractivity contribution in [2.45, 2.75) is 77.2 Å². The maximum Gasteiger partial charge on any atom is 0.303 e. The SMILES string of the molecule is COc1ccc(F)c(-c2cc(F)c(COc3cccc([C@@H](CC(=O)O)CC4CC4)c3)cc2[C@@H]2CCCC2(C)C)c1. The van der Waals surface area contributed by atoms with E-state index in [1.807, 2.05) is 30.3 Å². The monoisotopic (exact) mass is 548 g/mol. The standard InChI is InChI=1S/C34H38F2O4/c1-34(2)13-5-8-30(34)28-16-24(32(36)19-27(28)29-18-25(39-3)11-12-31(29)35)20-40-26-7-4-6-22(15-26)23(17-33(37)38)14-21-9-10-21/h4,6-7,11-12,15-16,18-19,21,23,30H,5,8-10,13-14,17,20H2,1-3H3,(H,37,38)/t23-,30+/m1/s1. The molecule has 1 N–H and O–H groups in total. The summed E-state index contributed by atoms with van der Waals surface area (Å²) in [4.78, 5) is 11.5.